The Hall–Kier alpha value is -3.48. The van der Waals surface area contributed by atoms with E-state index in [0.717, 1.165) is 11.6 Å². The van der Waals surface area contributed by atoms with Crippen molar-refractivity contribution >= 4 is 16.0 Å². The summed E-state index contributed by atoms with van der Waals surface area (Å²) < 4.78 is 42.2. The van der Waals surface area contributed by atoms with Crippen LogP contribution in [0.15, 0.2) is 53.4 Å². The Morgan fingerprint density at radius 1 is 1.19 bits per heavy atom. The second-order valence-electron chi connectivity index (χ2n) is 7.15. The Morgan fingerprint density at radius 3 is 2.41 bits per heavy atom. The van der Waals surface area contributed by atoms with E-state index in [-0.39, 0.29) is 12.2 Å². The maximum absolute atomic E-state index is 13.8. The van der Waals surface area contributed by atoms with Gasteiger partial charge in [-0.05, 0) is 36.1 Å². The number of sulfonamides is 1. The van der Waals surface area contributed by atoms with E-state index in [1.807, 2.05) is 6.92 Å². The molecule has 0 aliphatic heterocycles. The number of carboxylic acids is 1. The van der Waals surface area contributed by atoms with Gasteiger partial charge in [0, 0.05) is 24.8 Å². The molecule has 0 saturated heterocycles. The number of rotatable bonds is 8. The summed E-state index contributed by atoms with van der Waals surface area (Å²) in [4.78, 5) is 11.4. The van der Waals surface area contributed by atoms with Crippen LogP contribution in [0.5, 0.6) is 0 Å². The lowest BCUT2D eigenvalue weighted by molar-refractivity contribution is 0.0687. The van der Waals surface area contributed by atoms with Crippen molar-refractivity contribution in [1.82, 2.24) is 9.29 Å². The minimum atomic E-state index is -3.97. The number of carbonyl (C=O) groups is 1. The summed E-state index contributed by atoms with van der Waals surface area (Å²) in [6, 6.07) is 14.2. The summed E-state index contributed by atoms with van der Waals surface area (Å²) in [5, 5.41) is 19.3. The molecule has 7 nitrogen and oxygen atoms in total. The van der Waals surface area contributed by atoms with E-state index in [0.29, 0.717) is 35.2 Å². The molecule has 0 spiro atoms. The molecule has 0 fully saturated rings. The first-order valence-electron chi connectivity index (χ1n) is 9.89. The molecule has 1 heterocycles. The fraction of sp³-hybridized carbons (Fsp3) is 0.217. The molecule has 166 valence electrons. The Balaban J connectivity index is 1.80. The SMILES string of the molecule is CCc1c(C#N)c(-c2ccc(CCNS(=O)(=O)c3ccccc3F)cc2)c(C(=O)O)n1C. The van der Waals surface area contributed by atoms with E-state index in [2.05, 4.69) is 10.8 Å². The summed E-state index contributed by atoms with van der Waals surface area (Å²) in [5.74, 6) is -1.94. The Bertz CT molecular complexity index is 1310. The summed E-state index contributed by atoms with van der Waals surface area (Å²) in [7, 11) is -2.34. The fourth-order valence-electron chi connectivity index (χ4n) is 3.71. The lowest BCUT2D eigenvalue weighted by Gasteiger charge is -2.09. The largest absolute Gasteiger partial charge is 0.477 e. The molecule has 0 aliphatic rings. The van der Waals surface area contributed by atoms with Gasteiger partial charge in [-0.15, -0.1) is 0 Å². The predicted octanol–water partition coefficient (Wildman–Crippen LogP) is 3.48. The number of hydrogen-bond acceptors (Lipinski definition) is 4. The molecule has 9 heteroatoms. The Labute approximate surface area is 185 Å². The van der Waals surface area contributed by atoms with Crippen LogP contribution in [0.1, 0.15) is 34.2 Å². The number of carboxylic acid groups (broad SMARTS) is 1. The van der Waals surface area contributed by atoms with E-state index < -0.39 is 26.7 Å². The molecule has 0 atom stereocenters. The molecular weight excluding hydrogens is 433 g/mol. The van der Waals surface area contributed by atoms with E-state index in [1.54, 1.807) is 31.3 Å². The van der Waals surface area contributed by atoms with Gasteiger partial charge in [-0.1, -0.05) is 43.3 Å². The van der Waals surface area contributed by atoms with Gasteiger partial charge in [0.15, 0.2) is 0 Å². The third kappa shape index (κ3) is 4.42. The first-order chi connectivity index (χ1) is 15.2. The summed E-state index contributed by atoms with van der Waals surface area (Å²) in [6.07, 6.45) is 0.861. The molecule has 0 bridgehead atoms. The topological polar surface area (TPSA) is 112 Å². The van der Waals surface area contributed by atoms with Crippen LogP contribution >= 0.6 is 0 Å². The van der Waals surface area contributed by atoms with Crippen LogP contribution in [0.3, 0.4) is 0 Å². The molecule has 2 N–H and O–H groups in total. The number of nitrogens with zero attached hydrogens (tertiary/aromatic N) is 2. The van der Waals surface area contributed by atoms with Gasteiger partial charge in [-0.2, -0.15) is 5.26 Å². The molecule has 0 unspecified atom stereocenters. The summed E-state index contributed by atoms with van der Waals surface area (Å²) in [5.41, 5.74) is 2.77. The molecule has 2 aromatic carbocycles. The zero-order chi connectivity index (χ0) is 23.5. The molecule has 0 aliphatic carbocycles. The first kappa shape index (κ1) is 23.2. The van der Waals surface area contributed by atoms with Gasteiger partial charge in [-0.3, -0.25) is 0 Å². The van der Waals surface area contributed by atoms with Crippen LogP contribution in [-0.2, 0) is 29.9 Å². The average Bonchev–Trinajstić information content (AvgIpc) is 3.05. The van der Waals surface area contributed by atoms with Crippen LogP contribution < -0.4 is 4.72 Å². The standard InChI is InChI=1S/C23H22FN3O4S/c1-3-19-17(14-25)21(22(23(28)29)27(19)2)16-10-8-15(9-11-16)12-13-26-32(30,31)20-7-5-4-6-18(20)24/h4-11,26H,3,12-13H2,1-2H3,(H,28,29). The monoisotopic (exact) mass is 455 g/mol. The number of hydrogen-bond donors (Lipinski definition) is 2. The fourth-order valence-corrected chi connectivity index (χ4v) is 4.82. The highest BCUT2D eigenvalue weighted by atomic mass is 32.2. The molecule has 3 aromatic rings. The van der Waals surface area contributed by atoms with Gasteiger partial charge in [0.2, 0.25) is 10.0 Å². The predicted molar refractivity (Wildman–Crippen MR) is 117 cm³/mol. The highest BCUT2D eigenvalue weighted by molar-refractivity contribution is 7.89. The molecule has 32 heavy (non-hydrogen) atoms. The maximum atomic E-state index is 13.8. The molecule has 0 radical (unpaired) electrons. The average molecular weight is 456 g/mol. The second-order valence-corrected chi connectivity index (χ2v) is 8.89. The highest BCUT2D eigenvalue weighted by Gasteiger charge is 2.25. The Morgan fingerprint density at radius 2 is 1.84 bits per heavy atom. The van der Waals surface area contributed by atoms with Crippen LogP contribution in [0.25, 0.3) is 11.1 Å². The van der Waals surface area contributed by atoms with Gasteiger partial charge in [0.05, 0.1) is 5.56 Å². The van der Waals surface area contributed by atoms with Gasteiger partial charge in [-0.25, -0.2) is 22.3 Å². The molecule has 3 rings (SSSR count). The van der Waals surface area contributed by atoms with Gasteiger partial charge >= 0.3 is 5.97 Å². The van der Waals surface area contributed by atoms with Gasteiger partial charge in [0.1, 0.15) is 22.5 Å². The van der Waals surface area contributed by atoms with Crippen molar-refractivity contribution < 1.29 is 22.7 Å². The second kappa shape index (κ2) is 9.34. The van der Waals surface area contributed by atoms with Crippen molar-refractivity contribution in [3.63, 3.8) is 0 Å². The minimum Gasteiger partial charge on any atom is -0.477 e. The Kier molecular flexibility index (Phi) is 6.77. The number of nitrogens with one attached hydrogen (secondary N) is 1. The van der Waals surface area contributed by atoms with Crippen molar-refractivity contribution in [2.75, 3.05) is 6.54 Å². The van der Waals surface area contributed by atoms with E-state index in [9.17, 15) is 28.0 Å². The van der Waals surface area contributed by atoms with E-state index in [4.69, 9.17) is 0 Å². The van der Waals surface area contributed by atoms with E-state index >= 15 is 0 Å². The molecular formula is C23H22FN3O4S. The quantitative estimate of drug-likeness (QED) is 0.540. The smallest absolute Gasteiger partial charge is 0.353 e. The molecule has 1 aromatic heterocycles. The van der Waals surface area contributed by atoms with Crippen molar-refractivity contribution in [3.05, 3.63) is 76.9 Å². The zero-order valence-corrected chi connectivity index (χ0v) is 18.4. The van der Waals surface area contributed by atoms with Crippen LogP contribution in [0.4, 0.5) is 4.39 Å². The number of aromatic nitrogens is 1. The summed E-state index contributed by atoms with van der Waals surface area (Å²) >= 11 is 0. The molecule has 0 saturated carbocycles. The number of halogens is 1. The highest BCUT2D eigenvalue weighted by Crippen LogP contribution is 2.32. The van der Waals surface area contributed by atoms with Crippen molar-refractivity contribution in [1.29, 1.82) is 5.26 Å². The van der Waals surface area contributed by atoms with Crippen molar-refractivity contribution in [2.24, 2.45) is 7.05 Å². The minimum absolute atomic E-state index is 0.0452. The number of benzene rings is 2. The lowest BCUT2D eigenvalue weighted by Crippen LogP contribution is -2.26. The third-order valence-electron chi connectivity index (χ3n) is 5.24. The van der Waals surface area contributed by atoms with Crippen LogP contribution in [-0.4, -0.2) is 30.6 Å². The lowest BCUT2D eigenvalue weighted by atomic mass is 9.98. The van der Waals surface area contributed by atoms with E-state index in [1.165, 1.54) is 22.8 Å². The van der Waals surface area contributed by atoms with Gasteiger partial charge in [0.25, 0.3) is 0 Å². The van der Waals surface area contributed by atoms with Crippen LogP contribution in [0.2, 0.25) is 0 Å². The number of aromatic carboxylic acids is 1. The van der Waals surface area contributed by atoms with Crippen molar-refractivity contribution in [2.45, 2.75) is 24.7 Å². The summed E-state index contributed by atoms with van der Waals surface area (Å²) in [6.45, 7) is 1.92. The molecule has 0 amide bonds. The van der Waals surface area contributed by atoms with Gasteiger partial charge < -0.3 is 9.67 Å². The number of nitriles is 1. The van der Waals surface area contributed by atoms with Crippen LogP contribution in [0, 0.1) is 17.1 Å². The first-order valence-corrected chi connectivity index (χ1v) is 11.4. The normalized spacial score (nSPS) is 11.3. The maximum Gasteiger partial charge on any atom is 0.353 e. The third-order valence-corrected chi connectivity index (χ3v) is 6.73. The van der Waals surface area contributed by atoms with Crippen molar-refractivity contribution in [3.8, 4) is 17.2 Å². The zero-order valence-electron chi connectivity index (χ0n) is 17.6.